The van der Waals surface area contributed by atoms with E-state index >= 15 is 0 Å². The molecule has 0 atom stereocenters. The molecule has 0 aliphatic carbocycles. The van der Waals surface area contributed by atoms with Gasteiger partial charge in [0.1, 0.15) is 13.2 Å². The molecular weight excluding hydrogens is 418 g/mol. The Hall–Kier alpha value is -2.88. The van der Waals surface area contributed by atoms with Crippen molar-refractivity contribution < 1.29 is 22.7 Å². The van der Waals surface area contributed by atoms with E-state index in [0.29, 0.717) is 56.6 Å². The topological polar surface area (TPSA) is 88.2 Å². The van der Waals surface area contributed by atoms with E-state index in [0.717, 1.165) is 5.56 Å². The van der Waals surface area contributed by atoms with E-state index in [4.69, 9.17) is 9.47 Å². The van der Waals surface area contributed by atoms with Crippen LogP contribution in [-0.4, -0.2) is 69.5 Å². The van der Waals surface area contributed by atoms with Gasteiger partial charge in [0, 0.05) is 43.3 Å². The van der Waals surface area contributed by atoms with Gasteiger partial charge in [0.2, 0.25) is 15.9 Å². The number of carbonyl (C=O) groups excluding carboxylic acids is 1. The van der Waals surface area contributed by atoms with Crippen LogP contribution in [0.2, 0.25) is 0 Å². The Kier molecular flexibility index (Phi) is 6.55. The summed E-state index contributed by atoms with van der Waals surface area (Å²) in [6, 6.07) is 14.6. The van der Waals surface area contributed by atoms with Crippen LogP contribution in [0.15, 0.2) is 53.9 Å². The van der Waals surface area contributed by atoms with Crippen molar-refractivity contribution in [3.8, 4) is 11.5 Å². The van der Waals surface area contributed by atoms with Crippen molar-refractivity contribution >= 4 is 27.7 Å². The number of hydrogen-bond donors (Lipinski definition) is 1. The summed E-state index contributed by atoms with van der Waals surface area (Å²) in [5, 5.41) is 4.10. The number of amides is 1. The van der Waals surface area contributed by atoms with Crippen LogP contribution in [0.5, 0.6) is 11.5 Å². The summed E-state index contributed by atoms with van der Waals surface area (Å²) in [5.41, 5.74) is 1.47. The summed E-state index contributed by atoms with van der Waals surface area (Å²) in [7, 11) is -3.49. The smallest absolute Gasteiger partial charge is 0.238 e. The maximum atomic E-state index is 12.6. The lowest BCUT2D eigenvalue weighted by molar-refractivity contribution is -0.117. The minimum Gasteiger partial charge on any atom is -0.486 e. The van der Waals surface area contributed by atoms with Crippen LogP contribution in [0.1, 0.15) is 5.56 Å². The minimum absolute atomic E-state index is 0.156. The molecule has 1 fully saturated rings. The van der Waals surface area contributed by atoms with E-state index in [1.165, 1.54) is 9.71 Å². The number of carbonyl (C=O) groups is 1. The molecule has 1 amide bonds. The Morgan fingerprint density at radius 2 is 1.68 bits per heavy atom. The van der Waals surface area contributed by atoms with Gasteiger partial charge in [-0.25, -0.2) is 8.42 Å². The van der Waals surface area contributed by atoms with Gasteiger partial charge in [-0.1, -0.05) is 30.3 Å². The number of nitrogens with one attached hydrogen (secondary N) is 1. The number of hydrogen-bond acceptors (Lipinski definition) is 6. The van der Waals surface area contributed by atoms with Gasteiger partial charge >= 0.3 is 0 Å². The predicted octanol–water partition coefficient (Wildman–Crippen LogP) is 2.01. The van der Waals surface area contributed by atoms with Gasteiger partial charge < -0.3 is 14.8 Å². The molecule has 2 aliphatic heterocycles. The minimum atomic E-state index is -3.49. The highest BCUT2D eigenvalue weighted by Crippen LogP contribution is 2.32. The lowest BCUT2D eigenvalue weighted by Crippen LogP contribution is -2.49. The lowest BCUT2D eigenvalue weighted by atomic mass is 10.2. The van der Waals surface area contributed by atoms with E-state index in [-0.39, 0.29) is 12.5 Å². The van der Waals surface area contributed by atoms with Gasteiger partial charge in [-0.15, -0.1) is 0 Å². The van der Waals surface area contributed by atoms with E-state index in [1.807, 2.05) is 35.2 Å². The SMILES string of the molecule is O=C(CN1CCN(S(=O)(=O)/C=C/c2ccccc2)CC1)Nc1ccc2c(c1)OCCO2. The molecule has 1 N–H and O–H groups in total. The maximum absolute atomic E-state index is 12.6. The van der Waals surface area contributed by atoms with Gasteiger partial charge in [0.05, 0.1) is 6.54 Å². The molecule has 31 heavy (non-hydrogen) atoms. The second-order valence-corrected chi connectivity index (χ2v) is 9.16. The molecule has 2 aromatic carbocycles. The molecule has 164 valence electrons. The Morgan fingerprint density at radius 3 is 2.42 bits per heavy atom. The summed E-state index contributed by atoms with van der Waals surface area (Å²) in [5.74, 6) is 1.13. The van der Waals surface area contributed by atoms with Crippen LogP contribution in [0.4, 0.5) is 5.69 Å². The third kappa shape index (κ3) is 5.63. The first-order valence-corrected chi connectivity index (χ1v) is 11.6. The average Bonchev–Trinajstić information content (AvgIpc) is 2.79. The van der Waals surface area contributed by atoms with Crippen molar-refractivity contribution in [2.24, 2.45) is 0 Å². The molecule has 8 nitrogen and oxygen atoms in total. The van der Waals surface area contributed by atoms with Crippen LogP contribution >= 0.6 is 0 Å². The van der Waals surface area contributed by atoms with Crippen molar-refractivity contribution in [3.05, 3.63) is 59.5 Å². The van der Waals surface area contributed by atoms with Crippen molar-refractivity contribution in [2.75, 3.05) is 51.3 Å². The van der Waals surface area contributed by atoms with Crippen LogP contribution in [0.3, 0.4) is 0 Å². The number of ether oxygens (including phenoxy) is 2. The fraction of sp³-hybridized carbons (Fsp3) is 0.318. The zero-order valence-electron chi connectivity index (χ0n) is 17.1. The summed E-state index contributed by atoms with van der Waals surface area (Å²) in [4.78, 5) is 14.4. The largest absolute Gasteiger partial charge is 0.486 e. The highest BCUT2D eigenvalue weighted by molar-refractivity contribution is 7.92. The molecule has 0 spiro atoms. The van der Waals surface area contributed by atoms with Crippen LogP contribution < -0.4 is 14.8 Å². The molecular formula is C22H25N3O5S. The molecule has 2 heterocycles. The molecule has 0 radical (unpaired) electrons. The second-order valence-electron chi connectivity index (χ2n) is 7.34. The number of anilines is 1. The third-order valence-corrected chi connectivity index (χ3v) is 6.68. The number of benzene rings is 2. The second kappa shape index (κ2) is 9.51. The first-order chi connectivity index (χ1) is 15.0. The molecule has 0 unspecified atom stereocenters. The highest BCUT2D eigenvalue weighted by atomic mass is 32.2. The molecule has 0 bridgehead atoms. The van der Waals surface area contributed by atoms with Crippen LogP contribution in [0, 0.1) is 0 Å². The van der Waals surface area contributed by atoms with Crippen LogP contribution in [-0.2, 0) is 14.8 Å². The number of sulfonamides is 1. The first kappa shape index (κ1) is 21.4. The summed E-state index contributed by atoms with van der Waals surface area (Å²) in [6.07, 6.45) is 1.60. The zero-order valence-corrected chi connectivity index (χ0v) is 17.9. The average molecular weight is 444 g/mol. The van der Waals surface area contributed by atoms with Crippen molar-refractivity contribution in [1.82, 2.24) is 9.21 Å². The monoisotopic (exact) mass is 443 g/mol. The number of piperazine rings is 1. The summed E-state index contributed by atoms with van der Waals surface area (Å²) < 4.78 is 37.6. The molecule has 9 heteroatoms. The number of fused-ring (bicyclic) bond motifs is 1. The molecule has 0 aromatic heterocycles. The fourth-order valence-electron chi connectivity index (χ4n) is 3.48. The van der Waals surface area contributed by atoms with Gasteiger partial charge in [-0.2, -0.15) is 4.31 Å². The number of nitrogens with zero attached hydrogens (tertiary/aromatic N) is 2. The zero-order chi connectivity index (χ0) is 21.7. The lowest BCUT2D eigenvalue weighted by Gasteiger charge is -2.32. The van der Waals surface area contributed by atoms with Crippen LogP contribution in [0.25, 0.3) is 6.08 Å². The summed E-state index contributed by atoms with van der Waals surface area (Å²) >= 11 is 0. The summed E-state index contributed by atoms with van der Waals surface area (Å²) in [6.45, 7) is 2.88. The highest BCUT2D eigenvalue weighted by Gasteiger charge is 2.26. The van der Waals surface area contributed by atoms with Gasteiger partial charge in [-0.3, -0.25) is 9.69 Å². The predicted molar refractivity (Wildman–Crippen MR) is 118 cm³/mol. The van der Waals surface area contributed by atoms with E-state index in [1.54, 1.807) is 24.3 Å². The Bertz CT molecular complexity index is 1050. The Labute approximate surface area is 182 Å². The van der Waals surface area contributed by atoms with Gasteiger partial charge in [0.25, 0.3) is 0 Å². The fourth-order valence-corrected chi connectivity index (χ4v) is 4.66. The van der Waals surface area contributed by atoms with Gasteiger partial charge in [0.15, 0.2) is 11.5 Å². The van der Waals surface area contributed by atoms with Crippen molar-refractivity contribution in [3.63, 3.8) is 0 Å². The van der Waals surface area contributed by atoms with E-state index < -0.39 is 10.0 Å². The molecule has 2 aromatic rings. The first-order valence-electron chi connectivity index (χ1n) is 10.1. The quantitative estimate of drug-likeness (QED) is 0.735. The third-order valence-electron chi connectivity index (χ3n) is 5.12. The standard InChI is InChI=1S/C22H25N3O5S/c26-22(23-19-6-7-20-21(16-19)30-14-13-29-20)17-24-9-11-25(12-10-24)31(27,28)15-8-18-4-2-1-3-5-18/h1-8,15-16H,9-14,17H2,(H,23,26)/b15-8+. The van der Waals surface area contributed by atoms with E-state index in [2.05, 4.69) is 5.32 Å². The molecule has 1 saturated heterocycles. The Morgan fingerprint density at radius 1 is 0.968 bits per heavy atom. The van der Waals surface area contributed by atoms with Crippen molar-refractivity contribution in [1.29, 1.82) is 0 Å². The molecule has 2 aliphatic rings. The Balaban J connectivity index is 1.27. The van der Waals surface area contributed by atoms with Gasteiger partial charge in [-0.05, 0) is 23.8 Å². The van der Waals surface area contributed by atoms with Crippen molar-refractivity contribution in [2.45, 2.75) is 0 Å². The van der Waals surface area contributed by atoms with E-state index in [9.17, 15) is 13.2 Å². The number of rotatable bonds is 6. The molecule has 0 saturated carbocycles. The normalized spacial score (nSPS) is 17.5. The molecule has 4 rings (SSSR count). The maximum Gasteiger partial charge on any atom is 0.238 e.